The topological polar surface area (TPSA) is 76.2 Å². The maximum Gasteiger partial charge on any atom is 0.343 e. The van der Waals surface area contributed by atoms with Gasteiger partial charge < -0.3 is 9.47 Å². The van der Waals surface area contributed by atoms with Crippen molar-refractivity contribution in [2.75, 3.05) is 16.4 Å². The first kappa shape index (κ1) is 28.3. The van der Waals surface area contributed by atoms with Gasteiger partial charge in [-0.25, -0.2) is 14.6 Å². The predicted molar refractivity (Wildman–Crippen MR) is 165 cm³/mol. The molecule has 0 unspecified atom stereocenters. The Kier molecular flexibility index (Phi) is 8.66. The van der Waals surface area contributed by atoms with Crippen molar-refractivity contribution in [3.63, 3.8) is 0 Å². The minimum absolute atomic E-state index is 0.173. The Hall–Kier alpha value is -4.21. The van der Waals surface area contributed by atoms with Crippen LogP contribution in [0, 0.1) is 0 Å². The molecule has 9 heteroatoms. The quantitative estimate of drug-likeness (QED) is 0.141. The standard InChI is InChI=1S/C32H24Br2N2O5/c1-2-40-28-19-21(18-27(34)29(28)41-20-22-11-9-10-16-26(22)33)17-25-30(37)35(23-12-5-3-6-13-23)32(39)36(31(25)38)24-14-7-4-8-15-24/h3-19H,2,20H2,1H3. The molecule has 1 fully saturated rings. The van der Waals surface area contributed by atoms with Gasteiger partial charge in [0, 0.05) is 10.0 Å². The van der Waals surface area contributed by atoms with Crippen molar-refractivity contribution >= 4 is 67.2 Å². The summed E-state index contributed by atoms with van der Waals surface area (Å²) in [5.41, 5.74) is 2.01. The van der Waals surface area contributed by atoms with Crippen LogP contribution in [0.2, 0.25) is 0 Å². The molecule has 1 saturated heterocycles. The fraction of sp³-hybridized carbons (Fsp3) is 0.0938. The first-order valence-electron chi connectivity index (χ1n) is 12.8. The van der Waals surface area contributed by atoms with Crippen LogP contribution in [0.1, 0.15) is 18.1 Å². The average molecular weight is 676 g/mol. The van der Waals surface area contributed by atoms with E-state index in [2.05, 4.69) is 31.9 Å². The van der Waals surface area contributed by atoms with Crippen LogP contribution >= 0.6 is 31.9 Å². The monoisotopic (exact) mass is 674 g/mol. The van der Waals surface area contributed by atoms with Crippen molar-refractivity contribution in [1.82, 2.24) is 0 Å². The average Bonchev–Trinajstić information content (AvgIpc) is 2.97. The highest BCUT2D eigenvalue weighted by Crippen LogP contribution is 2.39. The normalized spacial score (nSPS) is 13.4. The molecule has 7 nitrogen and oxygen atoms in total. The summed E-state index contributed by atoms with van der Waals surface area (Å²) >= 11 is 7.11. The molecule has 0 aromatic heterocycles. The lowest BCUT2D eigenvalue weighted by Crippen LogP contribution is -2.57. The molecule has 206 valence electrons. The van der Waals surface area contributed by atoms with Gasteiger partial charge in [-0.3, -0.25) is 9.59 Å². The molecule has 5 rings (SSSR count). The summed E-state index contributed by atoms with van der Waals surface area (Å²) in [4.78, 5) is 42.9. The van der Waals surface area contributed by atoms with E-state index in [1.54, 1.807) is 72.8 Å². The van der Waals surface area contributed by atoms with Crippen LogP contribution in [-0.4, -0.2) is 24.5 Å². The molecule has 4 amide bonds. The predicted octanol–water partition coefficient (Wildman–Crippen LogP) is 7.77. The summed E-state index contributed by atoms with van der Waals surface area (Å²) in [6.07, 6.45) is 1.47. The van der Waals surface area contributed by atoms with Crippen LogP contribution in [0.25, 0.3) is 6.08 Å². The van der Waals surface area contributed by atoms with Crippen molar-refractivity contribution in [2.45, 2.75) is 13.5 Å². The summed E-state index contributed by atoms with van der Waals surface area (Å²) in [7, 11) is 0. The van der Waals surface area contributed by atoms with Gasteiger partial charge in [0.15, 0.2) is 11.5 Å². The SMILES string of the molecule is CCOc1cc(C=C2C(=O)N(c3ccccc3)C(=O)N(c3ccccc3)C2=O)cc(Br)c1OCc1ccccc1Br. The molecule has 4 aromatic rings. The zero-order valence-electron chi connectivity index (χ0n) is 21.9. The van der Waals surface area contributed by atoms with Crippen molar-refractivity contribution in [3.8, 4) is 11.5 Å². The number of imide groups is 2. The lowest BCUT2D eigenvalue weighted by molar-refractivity contribution is -0.121. The number of urea groups is 1. The third-order valence-corrected chi connectivity index (χ3v) is 7.61. The van der Waals surface area contributed by atoms with Crippen LogP contribution in [0.3, 0.4) is 0 Å². The van der Waals surface area contributed by atoms with Gasteiger partial charge in [-0.1, -0.05) is 70.5 Å². The number of rotatable bonds is 8. The number of para-hydroxylation sites is 2. The molecule has 0 N–H and O–H groups in total. The van der Waals surface area contributed by atoms with E-state index in [1.165, 1.54) is 6.08 Å². The van der Waals surface area contributed by atoms with Crippen molar-refractivity contribution < 1.29 is 23.9 Å². The third-order valence-electron chi connectivity index (χ3n) is 6.25. The molecule has 1 aliphatic heterocycles. The van der Waals surface area contributed by atoms with E-state index in [4.69, 9.17) is 9.47 Å². The smallest absolute Gasteiger partial charge is 0.343 e. The molecule has 1 aliphatic rings. The van der Waals surface area contributed by atoms with Gasteiger partial charge in [-0.05, 0) is 77.0 Å². The van der Waals surface area contributed by atoms with Gasteiger partial charge in [-0.15, -0.1) is 0 Å². The highest BCUT2D eigenvalue weighted by Gasteiger charge is 2.43. The van der Waals surface area contributed by atoms with Crippen LogP contribution in [-0.2, 0) is 16.2 Å². The zero-order chi connectivity index (χ0) is 28.9. The Morgan fingerprint density at radius 1 is 0.707 bits per heavy atom. The van der Waals surface area contributed by atoms with E-state index in [0.29, 0.717) is 39.5 Å². The number of benzene rings is 4. The molecular formula is C32H24Br2N2O5. The van der Waals surface area contributed by atoms with Crippen molar-refractivity contribution in [2.24, 2.45) is 0 Å². The van der Waals surface area contributed by atoms with Crippen molar-refractivity contribution in [1.29, 1.82) is 0 Å². The first-order chi connectivity index (χ1) is 19.9. The molecule has 41 heavy (non-hydrogen) atoms. The minimum Gasteiger partial charge on any atom is -0.490 e. The van der Waals surface area contributed by atoms with E-state index in [0.717, 1.165) is 19.8 Å². The zero-order valence-corrected chi connectivity index (χ0v) is 25.1. The Balaban J connectivity index is 1.56. The number of halogens is 2. The van der Waals surface area contributed by atoms with Gasteiger partial charge in [0.1, 0.15) is 12.2 Å². The van der Waals surface area contributed by atoms with E-state index in [9.17, 15) is 14.4 Å². The first-order valence-corrected chi connectivity index (χ1v) is 14.3. The third kappa shape index (κ3) is 5.96. The number of hydrogen-bond acceptors (Lipinski definition) is 5. The Labute approximate surface area is 254 Å². The second-order valence-corrected chi connectivity index (χ2v) is 10.6. The van der Waals surface area contributed by atoms with Gasteiger partial charge in [0.25, 0.3) is 11.8 Å². The van der Waals surface area contributed by atoms with E-state index >= 15 is 0 Å². The number of nitrogens with zero attached hydrogens (tertiary/aromatic N) is 2. The van der Waals surface area contributed by atoms with Gasteiger partial charge in [0.05, 0.1) is 22.5 Å². The molecule has 0 spiro atoms. The second-order valence-electron chi connectivity index (χ2n) is 8.94. The van der Waals surface area contributed by atoms with Gasteiger partial charge in [-0.2, -0.15) is 0 Å². The largest absolute Gasteiger partial charge is 0.490 e. The van der Waals surface area contributed by atoms with Crippen LogP contribution in [0.5, 0.6) is 11.5 Å². The summed E-state index contributed by atoms with van der Waals surface area (Å²) in [5, 5.41) is 0. The molecule has 0 bridgehead atoms. The second kappa shape index (κ2) is 12.5. The summed E-state index contributed by atoms with van der Waals surface area (Å²) < 4.78 is 13.5. The molecule has 0 atom stereocenters. The lowest BCUT2D eigenvalue weighted by Gasteiger charge is -2.34. The maximum atomic E-state index is 13.7. The van der Waals surface area contributed by atoms with E-state index in [1.807, 2.05) is 31.2 Å². The molecule has 0 saturated carbocycles. The highest BCUT2D eigenvalue weighted by atomic mass is 79.9. The summed E-state index contributed by atoms with van der Waals surface area (Å²) in [6, 6.07) is 27.5. The maximum absolute atomic E-state index is 13.7. The summed E-state index contributed by atoms with van der Waals surface area (Å²) in [6.45, 7) is 2.51. The number of hydrogen-bond donors (Lipinski definition) is 0. The molecule has 0 radical (unpaired) electrons. The van der Waals surface area contributed by atoms with Crippen LogP contribution in [0.4, 0.5) is 16.2 Å². The number of ether oxygens (including phenoxy) is 2. The van der Waals surface area contributed by atoms with Gasteiger partial charge in [0.2, 0.25) is 0 Å². The highest BCUT2D eigenvalue weighted by molar-refractivity contribution is 9.10. The molecule has 0 aliphatic carbocycles. The fourth-order valence-corrected chi connectivity index (χ4v) is 5.32. The Morgan fingerprint density at radius 2 is 1.27 bits per heavy atom. The Morgan fingerprint density at radius 3 is 1.83 bits per heavy atom. The number of carbonyl (C=O) groups is 3. The van der Waals surface area contributed by atoms with E-state index in [-0.39, 0.29) is 12.2 Å². The fourth-order valence-electron chi connectivity index (χ4n) is 4.35. The molecular weight excluding hydrogens is 652 g/mol. The summed E-state index contributed by atoms with van der Waals surface area (Å²) in [5.74, 6) is -0.520. The number of barbiturate groups is 1. The van der Waals surface area contributed by atoms with Crippen LogP contribution < -0.4 is 19.3 Å². The van der Waals surface area contributed by atoms with Gasteiger partial charge >= 0.3 is 6.03 Å². The molecule has 1 heterocycles. The minimum atomic E-state index is -0.749. The number of carbonyl (C=O) groups excluding carboxylic acids is 3. The van der Waals surface area contributed by atoms with Crippen LogP contribution in [0.15, 0.2) is 112 Å². The molecule has 4 aromatic carbocycles. The lowest BCUT2D eigenvalue weighted by atomic mass is 10.0. The number of amides is 4. The Bertz CT molecular complexity index is 1580. The number of anilines is 2. The van der Waals surface area contributed by atoms with E-state index < -0.39 is 17.8 Å². The van der Waals surface area contributed by atoms with Crippen molar-refractivity contribution in [3.05, 3.63) is 123 Å².